The van der Waals surface area contributed by atoms with Crippen molar-refractivity contribution in [2.75, 3.05) is 19.6 Å². The lowest BCUT2D eigenvalue weighted by Crippen LogP contribution is -2.44. The summed E-state index contributed by atoms with van der Waals surface area (Å²) < 4.78 is 0. The first-order valence-electron chi connectivity index (χ1n) is 6.77. The van der Waals surface area contributed by atoms with E-state index in [-0.39, 0.29) is 17.9 Å². The van der Waals surface area contributed by atoms with Crippen molar-refractivity contribution >= 4 is 11.9 Å². The quantitative estimate of drug-likeness (QED) is 0.635. The van der Waals surface area contributed by atoms with Gasteiger partial charge in [0.25, 0.3) is 0 Å². The maximum atomic E-state index is 12.3. The Bertz CT molecular complexity index is 299. The molecule has 0 aliphatic carbocycles. The molecule has 104 valence electrons. The maximum Gasteiger partial charge on any atom is 0.308 e. The van der Waals surface area contributed by atoms with Gasteiger partial charge < -0.3 is 15.7 Å². The van der Waals surface area contributed by atoms with Crippen LogP contribution in [0.25, 0.3) is 0 Å². The zero-order valence-electron chi connectivity index (χ0n) is 11.3. The van der Waals surface area contributed by atoms with Gasteiger partial charge in [0.15, 0.2) is 0 Å². The molecule has 1 saturated heterocycles. The number of hydrogen-bond acceptors (Lipinski definition) is 3. The molecule has 1 amide bonds. The van der Waals surface area contributed by atoms with E-state index in [0.29, 0.717) is 13.0 Å². The van der Waals surface area contributed by atoms with Crippen LogP contribution in [0.2, 0.25) is 0 Å². The van der Waals surface area contributed by atoms with Gasteiger partial charge in [-0.2, -0.15) is 0 Å². The summed E-state index contributed by atoms with van der Waals surface area (Å²) in [5.74, 6) is -1.32. The zero-order chi connectivity index (χ0) is 13.6. The van der Waals surface area contributed by atoms with E-state index in [1.165, 1.54) is 0 Å². The van der Waals surface area contributed by atoms with Crippen molar-refractivity contribution in [1.29, 1.82) is 0 Å². The fraction of sp³-hybridized carbons (Fsp3) is 0.846. The normalized spacial score (nSPS) is 24.8. The van der Waals surface area contributed by atoms with E-state index in [2.05, 4.69) is 17.6 Å². The molecule has 0 saturated carbocycles. The first-order chi connectivity index (χ1) is 8.55. The summed E-state index contributed by atoms with van der Waals surface area (Å²) in [6.45, 7) is 5.69. The van der Waals surface area contributed by atoms with Crippen LogP contribution in [0.15, 0.2) is 0 Å². The van der Waals surface area contributed by atoms with Gasteiger partial charge in [0.2, 0.25) is 5.91 Å². The van der Waals surface area contributed by atoms with Crippen LogP contribution < -0.4 is 10.6 Å². The van der Waals surface area contributed by atoms with Gasteiger partial charge in [0.05, 0.1) is 11.3 Å². The van der Waals surface area contributed by atoms with Gasteiger partial charge in [-0.05, 0) is 25.8 Å². The third-order valence-electron chi connectivity index (χ3n) is 3.81. The molecule has 0 spiro atoms. The highest BCUT2D eigenvalue weighted by Crippen LogP contribution is 2.31. The van der Waals surface area contributed by atoms with Crippen molar-refractivity contribution in [2.45, 2.75) is 39.5 Å². The third-order valence-corrected chi connectivity index (χ3v) is 3.81. The monoisotopic (exact) mass is 256 g/mol. The summed E-state index contributed by atoms with van der Waals surface area (Å²) in [4.78, 5) is 23.2. The number of carbonyl (C=O) groups excluding carboxylic acids is 1. The number of carboxylic acids is 1. The van der Waals surface area contributed by atoms with Gasteiger partial charge in [-0.1, -0.05) is 20.3 Å². The highest BCUT2D eigenvalue weighted by atomic mass is 16.4. The Morgan fingerprint density at radius 2 is 2.17 bits per heavy atom. The second-order valence-electron chi connectivity index (χ2n) is 5.11. The molecule has 5 nitrogen and oxygen atoms in total. The number of carboxylic acid groups (broad SMARTS) is 1. The number of carbonyl (C=O) groups is 2. The molecule has 18 heavy (non-hydrogen) atoms. The Hall–Kier alpha value is -1.10. The Morgan fingerprint density at radius 1 is 1.44 bits per heavy atom. The van der Waals surface area contributed by atoms with Gasteiger partial charge in [0.1, 0.15) is 0 Å². The van der Waals surface area contributed by atoms with Gasteiger partial charge in [-0.25, -0.2) is 0 Å². The largest absolute Gasteiger partial charge is 0.481 e. The van der Waals surface area contributed by atoms with E-state index in [1.54, 1.807) is 0 Å². The average Bonchev–Trinajstić information content (AvgIpc) is 2.79. The van der Waals surface area contributed by atoms with Crippen LogP contribution in [0, 0.1) is 11.3 Å². The smallest absolute Gasteiger partial charge is 0.308 e. The molecule has 2 atom stereocenters. The minimum absolute atomic E-state index is 0.00838. The Kier molecular flexibility index (Phi) is 5.59. The summed E-state index contributed by atoms with van der Waals surface area (Å²) >= 11 is 0. The van der Waals surface area contributed by atoms with Crippen molar-refractivity contribution in [3.8, 4) is 0 Å². The second-order valence-corrected chi connectivity index (χ2v) is 5.11. The van der Waals surface area contributed by atoms with Gasteiger partial charge >= 0.3 is 5.97 Å². The SMILES string of the molecule is CCCC1(C(=O)NCC(CC)C(=O)O)CCNC1. The molecule has 1 rings (SSSR count). The predicted molar refractivity (Wildman–Crippen MR) is 69.3 cm³/mol. The zero-order valence-corrected chi connectivity index (χ0v) is 11.3. The topological polar surface area (TPSA) is 78.4 Å². The van der Waals surface area contributed by atoms with Crippen LogP contribution in [-0.2, 0) is 9.59 Å². The predicted octanol–water partition coefficient (Wildman–Crippen LogP) is 0.993. The number of rotatable bonds is 7. The Labute approximate surface area is 108 Å². The molecule has 3 N–H and O–H groups in total. The molecule has 5 heteroatoms. The highest BCUT2D eigenvalue weighted by Gasteiger charge is 2.40. The van der Waals surface area contributed by atoms with Gasteiger partial charge in [-0.15, -0.1) is 0 Å². The summed E-state index contributed by atoms with van der Waals surface area (Å²) in [7, 11) is 0. The summed E-state index contributed by atoms with van der Waals surface area (Å²) in [5.41, 5.74) is -0.328. The Morgan fingerprint density at radius 3 is 2.61 bits per heavy atom. The molecule has 1 fully saturated rings. The lowest BCUT2D eigenvalue weighted by Gasteiger charge is -2.27. The highest BCUT2D eigenvalue weighted by molar-refractivity contribution is 5.83. The number of aliphatic carboxylic acids is 1. The maximum absolute atomic E-state index is 12.3. The first-order valence-corrected chi connectivity index (χ1v) is 6.77. The van der Waals surface area contributed by atoms with E-state index in [0.717, 1.165) is 25.8 Å². The number of amides is 1. The van der Waals surface area contributed by atoms with Gasteiger partial charge in [-0.3, -0.25) is 9.59 Å². The third kappa shape index (κ3) is 3.45. The van der Waals surface area contributed by atoms with E-state index in [9.17, 15) is 9.59 Å². The molecule has 1 heterocycles. The number of nitrogens with one attached hydrogen (secondary N) is 2. The van der Waals surface area contributed by atoms with Crippen molar-refractivity contribution in [3.05, 3.63) is 0 Å². The van der Waals surface area contributed by atoms with E-state index >= 15 is 0 Å². The molecule has 1 aliphatic heterocycles. The standard InChI is InChI=1S/C13H24N2O3/c1-3-5-13(6-7-14-9-13)12(18)15-8-10(4-2)11(16)17/h10,14H,3-9H2,1-2H3,(H,15,18)(H,16,17). The lowest BCUT2D eigenvalue weighted by molar-refractivity contribution is -0.142. The van der Waals surface area contributed by atoms with Crippen molar-refractivity contribution in [3.63, 3.8) is 0 Å². The first kappa shape index (κ1) is 15.0. The van der Waals surface area contributed by atoms with Crippen LogP contribution in [0.5, 0.6) is 0 Å². The molecule has 1 aliphatic rings. The second kappa shape index (κ2) is 6.73. The van der Waals surface area contributed by atoms with Crippen LogP contribution in [0.4, 0.5) is 0 Å². The van der Waals surface area contributed by atoms with Gasteiger partial charge in [0, 0.05) is 13.1 Å². The minimum Gasteiger partial charge on any atom is -0.481 e. The minimum atomic E-state index is -0.841. The van der Waals surface area contributed by atoms with Crippen molar-refractivity contribution < 1.29 is 14.7 Å². The summed E-state index contributed by atoms with van der Waals surface area (Å²) in [5, 5.41) is 15.0. The molecule has 0 bridgehead atoms. The van der Waals surface area contributed by atoms with Crippen molar-refractivity contribution in [2.24, 2.45) is 11.3 Å². The lowest BCUT2D eigenvalue weighted by atomic mass is 9.81. The molecular weight excluding hydrogens is 232 g/mol. The summed E-state index contributed by atoms with van der Waals surface area (Å²) in [6.07, 6.45) is 3.20. The fourth-order valence-corrected chi connectivity index (χ4v) is 2.55. The van der Waals surface area contributed by atoms with Crippen molar-refractivity contribution in [1.82, 2.24) is 10.6 Å². The van der Waals surface area contributed by atoms with E-state index < -0.39 is 11.9 Å². The average molecular weight is 256 g/mol. The van der Waals surface area contributed by atoms with Crippen LogP contribution in [0.1, 0.15) is 39.5 Å². The van der Waals surface area contributed by atoms with Crippen LogP contribution in [-0.4, -0.2) is 36.6 Å². The van der Waals surface area contributed by atoms with Crippen LogP contribution in [0.3, 0.4) is 0 Å². The van der Waals surface area contributed by atoms with E-state index in [1.807, 2.05) is 6.92 Å². The van der Waals surface area contributed by atoms with Crippen LogP contribution >= 0.6 is 0 Å². The molecule has 0 radical (unpaired) electrons. The fourth-order valence-electron chi connectivity index (χ4n) is 2.55. The van der Waals surface area contributed by atoms with E-state index in [4.69, 9.17) is 5.11 Å². The molecular formula is C13H24N2O3. The Balaban J connectivity index is 2.54. The molecule has 0 aromatic rings. The molecule has 0 aromatic heterocycles. The molecule has 0 aromatic carbocycles. The molecule has 2 unspecified atom stereocenters. The number of hydrogen-bond donors (Lipinski definition) is 3. The summed E-state index contributed by atoms with van der Waals surface area (Å²) in [6, 6.07) is 0.